The van der Waals surface area contributed by atoms with Crippen LogP contribution in [0, 0.1) is 0 Å². The number of nitrogens with zero attached hydrogens (tertiary/aromatic N) is 1. The molecule has 0 bridgehead atoms. The Morgan fingerprint density at radius 3 is 2.47 bits per heavy atom. The molecule has 3 heteroatoms. The minimum absolute atomic E-state index is 0.605. The second kappa shape index (κ2) is 5.10. The molecule has 0 heterocycles. The van der Waals surface area contributed by atoms with Gasteiger partial charge in [-0.15, -0.1) is 0 Å². The van der Waals surface area contributed by atoms with Crippen molar-refractivity contribution in [1.29, 1.82) is 0 Å². The van der Waals surface area contributed by atoms with Gasteiger partial charge in [-0.1, -0.05) is 24.3 Å². The lowest BCUT2D eigenvalue weighted by molar-refractivity contribution is 0.415. The molecule has 0 atom stereocenters. The topological polar surface area (TPSA) is 38.7 Å². The van der Waals surface area contributed by atoms with E-state index in [-0.39, 0.29) is 0 Å². The fraction of sp³-hybridized carbons (Fsp3) is 0.0714. The van der Waals surface area contributed by atoms with E-state index in [4.69, 9.17) is 4.74 Å². The van der Waals surface area contributed by atoms with Gasteiger partial charge in [0.25, 0.3) is 0 Å². The van der Waals surface area contributed by atoms with Gasteiger partial charge in [0, 0.05) is 0 Å². The Kier molecular flexibility index (Phi) is 3.34. The van der Waals surface area contributed by atoms with Crippen LogP contribution in [0.3, 0.4) is 0 Å². The SMILES string of the molecule is COc1ccc(-c2cccc(N=C=O)c2)cc1. The molecule has 0 spiro atoms. The first-order chi connectivity index (χ1) is 8.33. The summed E-state index contributed by atoms with van der Waals surface area (Å²) >= 11 is 0. The quantitative estimate of drug-likeness (QED) is 0.593. The molecule has 2 aromatic carbocycles. The number of ether oxygens (including phenoxy) is 1. The molecule has 0 fully saturated rings. The average molecular weight is 225 g/mol. The highest BCUT2D eigenvalue weighted by Gasteiger charge is 1.99. The van der Waals surface area contributed by atoms with Crippen molar-refractivity contribution in [2.24, 2.45) is 4.99 Å². The van der Waals surface area contributed by atoms with Crippen LogP contribution in [0.1, 0.15) is 0 Å². The average Bonchev–Trinajstić information content (AvgIpc) is 2.40. The number of aliphatic imine (C=N–C) groups is 1. The summed E-state index contributed by atoms with van der Waals surface area (Å²) in [5.41, 5.74) is 2.66. The maximum atomic E-state index is 10.2. The monoisotopic (exact) mass is 225 g/mol. The largest absolute Gasteiger partial charge is 0.497 e. The molecule has 0 radical (unpaired) electrons. The van der Waals surface area contributed by atoms with Crippen LogP contribution in [0.5, 0.6) is 5.75 Å². The Morgan fingerprint density at radius 2 is 1.82 bits per heavy atom. The number of methoxy groups -OCH3 is 1. The van der Waals surface area contributed by atoms with Crippen LogP contribution in [0.15, 0.2) is 53.5 Å². The second-order valence-electron chi connectivity index (χ2n) is 3.48. The first kappa shape index (κ1) is 11.1. The predicted molar refractivity (Wildman–Crippen MR) is 66.2 cm³/mol. The minimum Gasteiger partial charge on any atom is -0.497 e. The van der Waals surface area contributed by atoms with Crippen molar-refractivity contribution in [3.05, 3.63) is 48.5 Å². The van der Waals surface area contributed by atoms with E-state index in [1.807, 2.05) is 42.5 Å². The van der Waals surface area contributed by atoms with Gasteiger partial charge in [0.2, 0.25) is 6.08 Å². The molecule has 0 aliphatic carbocycles. The Balaban J connectivity index is 2.38. The van der Waals surface area contributed by atoms with Gasteiger partial charge in [-0.3, -0.25) is 0 Å². The lowest BCUT2D eigenvalue weighted by Crippen LogP contribution is -1.82. The predicted octanol–water partition coefficient (Wildman–Crippen LogP) is 3.33. The molecule has 2 rings (SSSR count). The number of benzene rings is 2. The highest BCUT2D eigenvalue weighted by Crippen LogP contribution is 2.25. The van der Waals surface area contributed by atoms with E-state index < -0.39 is 0 Å². The van der Waals surface area contributed by atoms with E-state index in [1.54, 1.807) is 13.2 Å². The molecule has 2 aromatic rings. The van der Waals surface area contributed by atoms with Crippen molar-refractivity contribution >= 4 is 11.8 Å². The van der Waals surface area contributed by atoms with Crippen LogP contribution < -0.4 is 4.74 Å². The maximum Gasteiger partial charge on any atom is 0.240 e. The highest BCUT2D eigenvalue weighted by atomic mass is 16.5. The van der Waals surface area contributed by atoms with Gasteiger partial charge < -0.3 is 4.74 Å². The molecular formula is C14H11NO2. The molecule has 0 aromatic heterocycles. The van der Waals surface area contributed by atoms with E-state index >= 15 is 0 Å². The molecule has 0 saturated heterocycles. The van der Waals surface area contributed by atoms with Crippen molar-refractivity contribution in [3.63, 3.8) is 0 Å². The molecule has 0 saturated carbocycles. The number of rotatable bonds is 3. The van der Waals surface area contributed by atoms with E-state index in [9.17, 15) is 4.79 Å². The van der Waals surface area contributed by atoms with Crippen LogP contribution in [0.25, 0.3) is 11.1 Å². The van der Waals surface area contributed by atoms with Gasteiger partial charge in [-0.25, -0.2) is 4.79 Å². The first-order valence-corrected chi connectivity index (χ1v) is 5.16. The number of carbonyl (C=O) groups excluding carboxylic acids is 1. The number of hydrogen-bond donors (Lipinski definition) is 0. The third-order valence-corrected chi connectivity index (χ3v) is 2.44. The molecule has 3 nitrogen and oxygen atoms in total. The lowest BCUT2D eigenvalue weighted by atomic mass is 10.1. The molecule has 0 aliphatic rings. The van der Waals surface area contributed by atoms with Crippen molar-refractivity contribution < 1.29 is 9.53 Å². The molecule has 0 N–H and O–H groups in total. The smallest absolute Gasteiger partial charge is 0.240 e. The second-order valence-corrected chi connectivity index (χ2v) is 3.48. The van der Waals surface area contributed by atoms with Crippen LogP contribution in [-0.4, -0.2) is 13.2 Å². The molecule has 0 amide bonds. The normalized spacial score (nSPS) is 9.47. The first-order valence-electron chi connectivity index (χ1n) is 5.16. The van der Waals surface area contributed by atoms with Gasteiger partial charge >= 0.3 is 0 Å². The summed E-state index contributed by atoms with van der Waals surface area (Å²) in [6, 6.07) is 15.1. The summed E-state index contributed by atoms with van der Waals surface area (Å²) < 4.78 is 5.10. The van der Waals surface area contributed by atoms with Crippen molar-refractivity contribution in [2.45, 2.75) is 0 Å². The van der Waals surface area contributed by atoms with Crippen LogP contribution in [0.4, 0.5) is 5.69 Å². The summed E-state index contributed by atoms with van der Waals surface area (Å²) in [5, 5.41) is 0. The highest BCUT2D eigenvalue weighted by molar-refractivity contribution is 5.68. The fourth-order valence-electron chi connectivity index (χ4n) is 1.59. The summed E-state index contributed by atoms with van der Waals surface area (Å²) in [6.07, 6.45) is 1.54. The van der Waals surface area contributed by atoms with Crippen LogP contribution >= 0.6 is 0 Å². The summed E-state index contributed by atoms with van der Waals surface area (Å²) in [4.78, 5) is 13.8. The molecular weight excluding hydrogens is 214 g/mol. The Bertz CT molecular complexity index is 555. The standard InChI is InChI=1S/C14H11NO2/c1-17-14-7-5-11(6-8-14)12-3-2-4-13(9-12)15-10-16/h2-9H,1H3. The van der Waals surface area contributed by atoms with E-state index in [1.165, 1.54) is 6.08 Å². The van der Waals surface area contributed by atoms with Crippen molar-refractivity contribution in [2.75, 3.05) is 7.11 Å². The van der Waals surface area contributed by atoms with Crippen molar-refractivity contribution in [3.8, 4) is 16.9 Å². The van der Waals surface area contributed by atoms with Gasteiger partial charge in [0.15, 0.2) is 0 Å². The zero-order chi connectivity index (χ0) is 12.1. The summed E-state index contributed by atoms with van der Waals surface area (Å²) in [5.74, 6) is 0.816. The van der Waals surface area contributed by atoms with Gasteiger partial charge in [-0.05, 0) is 35.4 Å². The van der Waals surface area contributed by atoms with E-state index in [0.29, 0.717) is 5.69 Å². The molecule has 0 unspecified atom stereocenters. The fourth-order valence-corrected chi connectivity index (χ4v) is 1.59. The Hall–Kier alpha value is -2.38. The van der Waals surface area contributed by atoms with Crippen LogP contribution in [-0.2, 0) is 4.79 Å². The van der Waals surface area contributed by atoms with Gasteiger partial charge in [-0.2, -0.15) is 4.99 Å². The Morgan fingerprint density at radius 1 is 1.06 bits per heavy atom. The van der Waals surface area contributed by atoms with E-state index in [2.05, 4.69) is 4.99 Å². The maximum absolute atomic E-state index is 10.2. The third kappa shape index (κ3) is 2.60. The van der Waals surface area contributed by atoms with Gasteiger partial charge in [0.1, 0.15) is 5.75 Å². The number of hydrogen-bond acceptors (Lipinski definition) is 3. The summed E-state index contributed by atoms with van der Waals surface area (Å²) in [6.45, 7) is 0. The van der Waals surface area contributed by atoms with E-state index in [0.717, 1.165) is 16.9 Å². The van der Waals surface area contributed by atoms with Gasteiger partial charge in [0.05, 0.1) is 12.8 Å². The Labute approximate surface area is 99.4 Å². The minimum atomic E-state index is 0.605. The lowest BCUT2D eigenvalue weighted by Gasteiger charge is -2.04. The molecule has 17 heavy (non-hydrogen) atoms. The summed E-state index contributed by atoms with van der Waals surface area (Å²) in [7, 11) is 1.63. The third-order valence-electron chi connectivity index (χ3n) is 2.44. The van der Waals surface area contributed by atoms with Crippen LogP contribution in [0.2, 0.25) is 0 Å². The zero-order valence-electron chi connectivity index (χ0n) is 9.38. The number of isocyanates is 1. The molecule has 0 aliphatic heterocycles. The zero-order valence-corrected chi connectivity index (χ0v) is 9.38. The van der Waals surface area contributed by atoms with Crippen molar-refractivity contribution in [1.82, 2.24) is 0 Å². The molecule has 84 valence electrons.